The average Bonchev–Trinajstić information content (AvgIpc) is 3.47. The second-order valence-corrected chi connectivity index (χ2v) is 8.91. The fraction of sp³-hybridized carbons (Fsp3) is 0.455. The van der Waals surface area contributed by atoms with Crippen LogP contribution in [0.1, 0.15) is 0 Å². The highest BCUT2D eigenvalue weighted by molar-refractivity contribution is 5.89. The Kier molecular flexibility index (Phi) is 5.44. The minimum Gasteiger partial charge on any atom is -0.479 e. The van der Waals surface area contributed by atoms with Gasteiger partial charge >= 0.3 is 0 Å². The maximum absolute atomic E-state index is 14.7. The topological polar surface area (TPSA) is 94.6 Å². The van der Waals surface area contributed by atoms with Gasteiger partial charge in [-0.15, -0.1) is 10.2 Å². The van der Waals surface area contributed by atoms with Gasteiger partial charge in [0, 0.05) is 18.3 Å². The third-order valence-corrected chi connectivity index (χ3v) is 6.59. The van der Waals surface area contributed by atoms with Crippen molar-refractivity contribution in [3.8, 4) is 17.0 Å². The minimum atomic E-state index is -2.96. The lowest BCUT2D eigenvalue weighted by atomic mass is 10.1. The lowest BCUT2D eigenvalue weighted by Gasteiger charge is -2.34. The van der Waals surface area contributed by atoms with E-state index in [0.717, 1.165) is 4.68 Å². The summed E-state index contributed by atoms with van der Waals surface area (Å²) >= 11 is 0. The number of nitrogens with one attached hydrogen (secondary N) is 1. The molecular formula is C22H22F4N8O2. The number of alkyl halides is 4. The van der Waals surface area contributed by atoms with Crippen LogP contribution in [0.2, 0.25) is 0 Å². The Balaban J connectivity index is 1.33. The number of hydrogen-bond donors (Lipinski definition) is 1. The Morgan fingerprint density at radius 3 is 2.81 bits per heavy atom. The van der Waals surface area contributed by atoms with E-state index < -0.39 is 24.9 Å². The van der Waals surface area contributed by atoms with Crippen LogP contribution in [0, 0.1) is 0 Å². The van der Waals surface area contributed by atoms with Crippen LogP contribution < -0.4 is 10.1 Å². The molecule has 6 rings (SSSR count). The molecule has 1 atom stereocenters. The van der Waals surface area contributed by atoms with E-state index in [4.69, 9.17) is 9.47 Å². The van der Waals surface area contributed by atoms with Gasteiger partial charge in [-0.1, -0.05) is 11.3 Å². The number of rotatable bonds is 7. The fourth-order valence-corrected chi connectivity index (χ4v) is 4.66. The number of aromatic nitrogens is 6. The summed E-state index contributed by atoms with van der Waals surface area (Å²) in [6, 6.07) is 5.77. The average molecular weight is 506 g/mol. The molecule has 2 fully saturated rings. The molecule has 0 radical (unpaired) electrons. The maximum Gasteiger partial charge on any atom is 0.281 e. The molecule has 1 aromatic carbocycles. The van der Waals surface area contributed by atoms with Gasteiger partial charge in [0.1, 0.15) is 23.6 Å². The van der Waals surface area contributed by atoms with Crippen molar-refractivity contribution in [1.82, 2.24) is 34.5 Å². The number of nitrogens with zero attached hydrogens (tertiary/aromatic N) is 7. The first kappa shape index (κ1) is 22.9. The molecule has 1 N–H and O–H groups in total. The largest absolute Gasteiger partial charge is 0.479 e. The van der Waals surface area contributed by atoms with Crippen molar-refractivity contribution in [3.63, 3.8) is 0 Å². The van der Waals surface area contributed by atoms with Crippen LogP contribution in [0.25, 0.3) is 27.7 Å². The zero-order valence-electron chi connectivity index (χ0n) is 19.1. The van der Waals surface area contributed by atoms with Crippen molar-refractivity contribution >= 4 is 22.5 Å². The van der Waals surface area contributed by atoms with Crippen LogP contribution in [0.5, 0.6) is 5.88 Å². The van der Waals surface area contributed by atoms with Crippen molar-refractivity contribution in [1.29, 1.82) is 0 Å². The van der Waals surface area contributed by atoms with Crippen LogP contribution in [0.4, 0.5) is 23.5 Å². The van der Waals surface area contributed by atoms with Gasteiger partial charge in [-0.05, 0) is 23.8 Å². The summed E-state index contributed by atoms with van der Waals surface area (Å²) in [5.74, 6) is -2.78. The monoisotopic (exact) mass is 506 g/mol. The van der Waals surface area contributed by atoms with E-state index in [1.165, 1.54) is 11.6 Å². The Labute approximate surface area is 201 Å². The number of benzene rings is 1. The second-order valence-electron chi connectivity index (χ2n) is 8.91. The molecule has 10 nitrogen and oxygen atoms in total. The molecule has 0 amide bonds. The van der Waals surface area contributed by atoms with E-state index in [1.807, 2.05) is 0 Å². The number of fused-ring (bicyclic) bond motifs is 2. The molecule has 5 heterocycles. The van der Waals surface area contributed by atoms with E-state index in [2.05, 4.69) is 25.7 Å². The van der Waals surface area contributed by atoms with Gasteiger partial charge < -0.3 is 14.8 Å². The molecule has 0 bridgehead atoms. The molecule has 14 heteroatoms. The molecule has 0 saturated carbocycles. The van der Waals surface area contributed by atoms with Crippen LogP contribution >= 0.6 is 0 Å². The molecular weight excluding hydrogens is 484 g/mol. The Bertz CT molecular complexity index is 1420. The highest BCUT2D eigenvalue weighted by Crippen LogP contribution is 2.35. The lowest BCUT2D eigenvalue weighted by molar-refractivity contribution is -0.0711. The van der Waals surface area contributed by atoms with Crippen LogP contribution in [-0.4, -0.2) is 92.3 Å². The van der Waals surface area contributed by atoms with Gasteiger partial charge in [0.15, 0.2) is 0 Å². The van der Waals surface area contributed by atoms with Gasteiger partial charge in [-0.2, -0.15) is 4.98 Å². The predicted octanol–water partition coefficient (Wildman–Crippen LogP) is 2.54. The molecule has 4 aromatic rings. The van der Waals surface area contributed by atoms with Crippen LogP contribution in [-0.2, 0) is 11.3 Å². The molecule has 0 aliphatic carbocycles. The van der Waals surface area contributed by atoms with E-state index in [1.54, 1.807) is 35.4 Å². The Morgan fingerprint density at radius 2 is 2.08 bits per heavy atom. The summed E-state index contributed by atoms with van der Waals surface area (Å²) in [4.78, 5) is 6.07. The molecule has 36 heavy (non-hydrogen) atoms. The summed E-state index contributed by atoms with van der Waals surface area (Å²) in [6.45, 7) is 0.119. The van der Waals surface area contributed by atoms with Gasteiger partial charge in [0.2, 0.25) is 11.8 Å². The Morgan fingerprint density at radius 1 is 1.25 bits per heavy atom. The second kappa shape index (κ2) is 8.55. The normalized spacial score (nSPS) is 20.4. The number of hydrogen-bond acceptors (Lipinski definition) is 8. The highest BCUT2D eigenvalue weighted by Gasteiger charge is 2.51. The number of halogens is 4. The maximum atomic E-state index is 14.7. The molecule has 2 saturated heterocycles. The molecule has 2 aliphatic heterocycles. The third-order valence-electron chi connectivity index (χ3n) is 6.59. The van der Waals surface area contributed by atoms with Crippen molar-refractivity contribution in [2.24, 2.45) is 0 Å². The van der Waals surface area contributed by atoms with Crippen LogP contribution in [0.3, 0.4) is 0 Å². The number of anilines is 1. The van der Waals surface area contributed by atoms with Crippen molar-refractivity contribution in [2.75, 3.05) is 38.7 Å². The van der Waals surface area contributed by atoms with Gasteiger partial charge in [-0.25, -0.2) is 26.8 Å². The number of likely N-dealkylation sites (tertiary alicyclic amines) is 1. The summed E-state index contributed by atoms with van der Waals surface area (Å²) in [7, 11) is 1.43. The quantitative estimate of drug-likeness (QED) is 0.383. The molecule has 3 aromatic heterocycles. The lowest BCUT2D eigenvalue weighted by Crippen LogP contribution is -2.48. The minimum absolute atomic E-state index is 0.00263. The predicted molar refractivity (Wildman–Crippen MR) is 121 cm³/mol. The molecule has 190 valence electrons. The zero-order chi connectivity index (χ0) is 25.0. The van der Waals surface area contributed by atoms with Crippen molar-refractivity contribution in [2.45, 2.75) is 31.0 Å². The summed E-state index contributed by atoms with van der Waals surface area (Å²) < 4.78 is 68.5. The smallest absolute Gasteiger partial charge is 0.281 e. The summed E-state index contributed by atoms with van der Waals surface area (Å²) in [6.07, 6.45) is -0.918. The van der Waals surface area contributed by atoms with Crippen molar-refractivity contribution in [3.05, 3.63) is 30.5 Å². The van der Waals surface area contributed by atoms with Crippen molar-refractivity contribution < 1.29 is 27.0 Å². The fourth-order valence-electron chi connectivity index (χ4n) is 4.66. The molecule has 0 spiro atoms. The van der Waals surface area contributed by atoms with E-state index in [-0.39, 0.29) is 31.0 Å². The first-order chi connectivity index (χ1) is 17.3. The van der Waals surface area contributed by atoms with Gasteiger partial charge in [0.05, 0.1) is 38.4 Å². The number of methoxy groups -OCH3 is 1. The van der Waals surface area contributed by atoms with Crippen LogP contribution in [0.15, 0.2) is 30.5 Å². The summed E-state index contributed by atoms with van der Waals surface area (Å²) in [5.41, 5.74) is 2.80. The first-order valence-corrected chi connectivity index (χ1v) is 11.3. The van der Waals surface area contributed by atoms with E-state index in [9.17, 15) is 17.6 Å². The van der Waals surface area contributed by atoms with Gasteiger partial charge in [-0.3, -0.25) is 4.90 Å². The summed E-state index contributed by atoms with van der Waals surface area (Å²) in [5, 5.41) is 14.9. The van der Waals surface area contributed by atoms with E-state index in [0.29, 0.717) is 40.9 Å². The first-order valence-electron chi connectivity index (χ1n) is 11.3. The number of ether oxygens (including phenoxy) is 2. The molecule has 2 aliphatic rings. The third kappa shape index (κ3) is 3.89. The standard InChI is InChI=1S/C22H22F4N8O2/c1-35-20-19-14(12-2-3-15-16(6-12)34(31-29-15)8-18(23)24)4-5-33(19)30-21(28-20)27-17-7-32(11-22(17,25)26)13-9-36-10-13/h2-6,13,17-18H,7-11H2,1H3,(H,27,30). The van der Waals surface area contributed by atoms with E-state index >= 15 is 0 Å². The van der Waals surface area contributed by atoms with Gasteiger partial charge in [0.25, 0.3) is 12.3 Å². The zero-order valence-corrected chi connectivity index (χ0v) is 19.1. The SMILES string of the molecule is COc1nc(NC2CN(C3COC3)CC2(F)F)nn2ccc(-c3ccc4nnn(CC(F)F)c4c3)c12. The molecule has 1 unspecified atom stereocenters. The highest BCUT2D eigenvalue weighted by atomic mass is 19.3. The Hall–Kier alpha value is -3.52.